The molecule has 1 heterocycles. The van der Waals surface area contributed by atoms with Gasteiger partial charge in [-0.3, -0.25) is 0 Å². The molecule has 1 aromatic heterocycles. The largest absolute Gasteiger partial charge is 0.443 e. The lowest BCUT2D eigenvalue weighted by atomic mass is 10.1. The zero-order valence-electron chi connectivity index (χ0n) is 17.1. The highest BCUT2D eigenvalue weighted by Gasteiger charge is 2.43. The van der Waals surface area contributed by atoms with E-state index in [1.807, 2.05) is 0 Å². The second-order valence-electron chi connectivity index (χ2n) is 7.89. The fraction of sp³-hybridized carbons (Fsp3) is 0.300. The molecule has 0 bridgehead atoms. The van der Waals surface area contributed by atoms with Crippen LogP contribution < -0.4 is 4.72 Å². The molecule has 3 aromatic rings. The molecule has 1 N–H and O–H groups in total. The van der Waals surface area contributed by atoms with Gasteiger partial charge in [-0.2, -0.15) is 17.9 Å². The Morgan fingerprint density at radius 2 is 1.72 bits per heavy atom. The van der Waals surface area contributed by atoms with Crippen molar-refractivity contribution in [1.82, 2.24) is 14.3 Å². The lowest BCUT2D eigenvalue weighted by Crippen LogP contribution is -2.38. The van der Waals surface area contributed by atoms with Crippen LogP contribution in [0.5, 0.6) is 0 Å². The Labute approximate surface area is 181 Å². The lowest BCUT2D eigenvalue weighted by Gasteiger charge is -2.22. The smallest absolute Gasteiger partial charge is 0.420 e. The number of rotatable bonds is 4. The SMILES string of the molecule is CC(C)(C)OC(=O)n1cnc2cc(S(=O)(=O)N[C@H](c3ccc(F)cc3)C(F)(F)F)ccc21. The minimum absolute atomic E-state index is 0.0593. The molecule has 0 fully saturated rings. The van der Waals surface area contributed by atoms with Crippen molar-refractivity contribution in [1.29, 1.82) is 0 Å². The van der Waals surface area contributed by atoms with E-state index in [0.29, 0.717) is 0 Å². The zero-order valence-corrected chi connectivity index (χ0v) is 18.0. The topological polar surface area (TPSA) is 90.3 Å². The minimum Gasteiger partial charge on any atom is -0.443 e. The number of alkyl halides is 3. The van der Waals surface area contributed by atoms with Gasteiger partial charge in [0.1, 0.15) is 23.8 Å². The number of nitrogens with one attached hydrogen (secondary N) is 1. The quantitative estimate of drug-likeness (QED) is 0.562. The molecule has 0 radical (unpaired) electrons. The summed E-state index contributed by atoms with van der Waals surface area (Å²) in [5, 5.41) is 0. The second-order valence-corrected chi connectivity index (χ2v) is 9.61. The zero-order chi connectivity index (χ0) is 23.9. The molecule has 0 amide bonds. The summed E-state index contributed by atoms with van der Waals surface area (Å²) in [4.78, 5) is 15.7. The molecule has 32 heavy (non-hydrogen) atoms. The molecule has 0 saturated carbocycles. The van der Waals surface area contributed by atoms with Crippen LogP contribution in [0.25, 0.3) is 11.0 Å². The highest BCUT2D eigenvalue weighted by Crippen LogP contribution is 2.34. The number of nitrogens with zero attached hydrogens (tertiary/aromatic N) is 2. The Morgan fingerprint density at radius 3 is 2.28 bits per heavy atom. The molecule has 2 aromatic carbocycles. The van der Waals surface area contributed by atoms with Gasteiger partial charge in [-0.15, -0.1) is 0 Å². The van der Waals surface area contributed by atoms with Gasteiger partial charge in [0.15, 0.2) is 0 Å². The monoisotopic (exact) mass is 473 g/mol. The Bertz CT molecular complexity index is 1250. The predicted octanol–water partition coefficient (Wildman–Crippen LogP) is 4.54. The van der Waals surface area contributed by atoms with Crippen LogP contribution in [0.3, 0.4) is 0 Å². The summed E-state index contributed by atoms with van der Waals surface area (Å²) >= 11 is 0. The molecule has 0 spiro atoms. The van der Waals surface area contributed by atoms with Crippen molar-refractivity contribution < 1.29 is 35.5 Å². The van der Waals surface area contributed by atoms with Gasteiger partial charge in [0.05, 0.1) is 15.9 Å². The molecule has 0 saturated heterocycles. The summed E-state index contributed by atoms with van der Waals surface area (Å²) in [6, 6.07) is 4.03. The van der Waals surface area contributed by atoms with E-state index in [2.05, 4.69) is 4.98 Å². The molecular weight excluding hydrogens is 454 g/mol. The van der Waals surface area contributed by atoms with Crippen molar-refractivity contribution in [3.63, 3.8) is 0 Å². The van der Waals surface area contributed by atoms with Gasteiger partial charge in [0, 0.05) is 0 Å². The third-order valence-corrected chi connectivity index (χ3v) is 5.64. The van der Waals surface area contributed by atoms with Crippen LogP contribution in [0.1, 0.15) is 32.4 Å². The molecule has 0 unspecified atom stereocenters. The number of aromatic nitrogens is 2. The van der Waals surface area contributed by atoms with Crippen molar-refractivity contribution in [2.24, 2.45) is 0 Å². The Kier molecular flexibility index (Phi) is 6.04. The predicted molar refractivity (Wildman–Crippen MR) is 107 cm³/mol. The maximum Gasteiger partial charge on any atom is 0.420 e. The summed E-state index contributed by atoms with van der Waals surface area (Å²) < 4.78 is 87.0. The first kappa shape index (κ1) is 23.7. The molecule has 0 aliphatic rings. The van der Waals surface area contributed by atoms with E-state index in [1.165, 1.54) is 6.07 Å². The van der Waals surface area contributed by atoms with Gasteiger partial charge in [-0.25, -0.2) is 27.2 Å². The number of imidazole rings is 1. The average molecular weight is 473 g/mol. The number of benzene rings is 2. The number of halogens is 4. The second kappa shape index (κ2) is 8.17. The molecule has 0 aliphatic carbocycles. The van der Waals surface area contributed by atoms with Crippen molar-refractivity contribution >= 4 is 27.1 Å². The first-order valence-corrected chi connectivity index (χ1v) is 10.7. The van der Waals surface area contributed by atoms with E-state index < -0.39 is 50.2 Å². The maximum atomic E-state index is 13.5. The Hall–Kier alpha value is -2.99. The maximum absolute atomic E-state index is 13.5. The van der Waals surface area contributed by atoms with Crippen molar-refractivity contribution in [2.75, 3.05) is 0 Å². The first-order chi connectivity index (χ1) is 14.7. The Balaban J connectivity index is 1.94. The standard InChI is InChI=1S/C20H19F4N3O4S/c1-19(2,3)31-18(28)27-11-25-15-10-14(8-9-16(15)27)32(29,30)26-17(20(22,23)24)12-4-6-13(21)7-5-12/h4-11,17,26H,1-3H3/t17-/m1/s1. The number of hydrogen-bond donors (Lipinski definition) is 1. The van der Waals surface area contributed by atoms with E-state index in [4.69, 9.17) is 4.74 Å². The van der Waals surface area contributed by atoms with E-state index in [-0.39, 0.29) is 11.0 Å². The van der Waals surface area contributed by atoms with Crippen molar-refractivity contribution in [3.8, 4) is 0 Å². The molecular formula is C20H19F4N3O4S. The van der Waals surface area contributed by atoms with Crippen LogP contribution in [0, 0.1) is 5.82 Å². The van der Waals surface area contributed by atoms with Crippen molar-refractivity contribution in [2.45, 2.75) is 43.5 Å². The first-order valence-electron chi connectivity index (χ1n) is 9.22. The van der Waals surface area contributed by atoms with E-state index in [1.54, 1.807) is 25.5 Å². The third kappa shape index (κ3) is 5.25. The van der Waals surface area contributed by atoms with Gasteiger partial charge in [-0.1, -0.05) is 12.1 Å². The minimum atomic E-state index is -4.98. The van der Waals surface area contributed by atoms with Crippen LogP contribution in [-0.4, -0.2) is 35.8 Å². The lowest BCUT2D eigenvalue weighted by molar-refractivity contribution is -0.153. The van der Waals surface area contributed by atoms with Gasteiger partial charge < -0.3 is 4.74 Å². The van der Waals surface area contributed by atoms with Gasteiger partial charge in [0.25, 0.3) is 0 Å². The summed E-state index contributed by atoms with van der Waals surface area (Å²) in [6.45, 7) is 5.00. The number of sulfonamides is 1. The molecule has 7 nitrogen and oxygen atoms in total. The highest BCUT2D eigenvalue weighted by atomic mass is 32.2. The summed E-state index contributed by atoms with van der Waals surface area (Å²) in [5.74, 6) is -0.761. The molecule has 3 rings (SSSR count). The molecule has 1 atom stereocenters. The average Bonchev–Trinajstić information content (AvgIpc) is 3.08. The van der Waals surface area contributed by atoms with E-state index in [9.17, 15) is 30.8 Å². The molecule has 172 valence electrons. The van der Waals surface area contributed by atoms with E-state index in [0.717, 1.165) is 47.3 Å². The number of ether oxygens (including phenoxy) is 1. The van der Waals surface area contributed by atoms with Crippen LogP contribution in [-0.2, 0) is 14.8 Å². The highest BCUT2D eigenvalue weighted by molar-refractivity contribution is 7.89. The summed E-state index contributed by atoms with van der Waals surface area (Å²) in [6.07, 6.45) is -4.60. The normalized spacial score (nSPS) is 13.8. The summed E-state index contributed by atoms with van der Waals surface area (Å²) in [7, 11) is -4.66. The number of carbonyl (C=O) groups excluding carboxylic acids is 1. The summed E-state index contributed by atoms with van der Waals surface area (Å²) in [5.41, 5.74) is -0.987. The van der Waals surface area contributed by atoms with Crippen LogP contribution in [0.2, 0.25) is 0 Å². The number of carbonyl (C=O) groups is 1. The van der Waals surface area contributed by atoms with E-state index >= 15 is 0 Å². The fourth-order valence-corrected chi connectivity index (χ4v) is 4.05. The van der Waals surface area contributed by atoms with Gasteiger partial charge >= 0.3 is 12.3 Å². The van der Waals surface area contributed by atoms with Gasteiger partial charge in [-0.05, 0) is 56.7 Å². The van der Waals surface area contributed by atoms with Crippen LogP contribution in [0.4, 0.5) is 22.4 Å². The third-order valence-electron chi connectivity index (χ3n) is 4.22. The number of fused-ring (bicyclic) bond motifs is 1. The number of hydrogen-bond acceptors (Lipinski definition) is 5. The fourth-order valence-electron chi connectivity index (χ4n) is 2.82. The van der Waals surface area contributed by atoms with Crippen molar-refractivity contribution in [3.05, 3.63) is 60.2 Å². The van der Waals surface area contributed by atoms with Crippen LogP contribution >= 0.6 is 0 Å². The van der Waals surface area contributed by atoms with Gasteiger partial charge in [0.2, 0.25) is 10.0 Å². The Morgan fingerprint density at radius 1 is 1.09 bits per heavy atom. The molecule has 0 aliphatic heterocycles. The van der Waals surface area contributed by atoms with Crippen LogP contribution in [0.15, 0.2) is 53.7 Å². The molecule has 12 heteroatoms.